The van der Waals surface area contributed by atoms with Crippen molar-refractivity contribution in [3.8, 4) is 5.75 Å². The number of carboxylic acid groups (broad SMARTS) is 1. The molecule has 3 N–H and O–H groups in total. The third-order valence-corrected chi connectivity index (χ3v) is 3.60. The fourth-order valence-corrected chi connectivity index (χ4v) is 2.58. The summed E-state index contributed by atoms with van der Waals surface area (Å²) in [4.78, 5) is 12.7. The van der Waals surface area contributed by atoms with E-state index >= 15 is 0 Å². The number of hydrogen-bond donors (Lipinski definition) is 3. The summed E-state index contributed by atoms with van der Waals surface area (Å²) < 4.78 is 0. The Kier molecular flexibility index (Phi) is 3.28. The maximum atomic E-state index is 11.2. The van der Waals surface area contributed by atoms with E-state index in [1.807, 2.05) is 0 Å². The average molecular weight is 251 g/mol. The topological polar surface area (TPSA) is 81.0 Å². The number of nitrogens with zero attached hydrogens (tertiary/aromatic N) is 1. The van der Waals surface area contributed by atoms with Crippen LogP contribution in [0.4, 0.5) is 0 Å². The van der Waals surface area contributed by atoms with E-state index < -0.39 is 11.7 Å². The number of aliphatic carboxylic acids is 1. The molecule has 0 spiro atoms. The van der Waals surface area contributed by atoms with Crippen LogP contribution in [-0.4, -0.2) is 38.5 Å². The molecule has 18 heavy (non-hydrogen) atoms. The van der Waals surface area contributed by atoms with Gasteiger partial charge >= 0.3 is 5.97 Å². The van der Waals surface area contributed by atoms with Crippen LogP contribution >= 0.6 is 0 Å². The van der Waals surface area contributed by atoms with Crippen LogP contribution in [-0.2, 0) is 4.79 Å². The second kappa shape index (κ2) is 4.59. The number of carbonyl (C=O) groups is 1. The number of aliphatic hydroxyl groups is 1. The highest BCUT2D eigenvalue weighted by Gasteiger charge is 2.48. The molecule has 5 heteroatoms. The molecule has 1 fully saturated rings. The maximum Gasteiger partial charge on any atom is 0.351 e. The summed E-state index contributed by atoms with van der Waals surface area (Å²) in [6, 6.07) is 6.43. The smallest absolute Gasteiger partial charge is 0.351 e. The summed E-state index contributed by atoms with van der Waals surface area (Å²) in [6.07, 6.45) is 0.834. The van der Waals surface area contributed by atoms with E-state index in [4.69, 9.17) is 5.11 Å². The highest BCUT2D eigenvalue weighted by molar-refractivity contribution is 5.77. The lowest BCUT2D eigenvalue weighted by Gasteiger charge is -2.34. The Hall–Kier alpha value is -1.59. The molecule has 1 aliphatic rings. The van der Waals surface area contributed by atoms with E-state index in [-0.39, 0.29) is 18.2 Å². The predicted octanol–water partition coefficient (Wildman–Crippen LogP) is 1.32. The van der Waals surface area contributed by atoms with Gasteiger partial charge in [-0.3, -0.25) is 4.90 Å². The van der Waals surface area contributed by atoms with Crippen molar-refractivity contribution in [2.75, 3.05) is 6.54 Å². The lowest BCUT2D eigenvalue weighted by atomic mass is 10.0. The Labute approximate surface area is 105 Å². The molecule has 1 heterocycles. The van der Waals surface area contributed by atoms with Gasteiger partial charge in [-0.2, -0.15) is 0 Å². The summed E-state index contributed by atoms with van der Waals surface area (Å²) in [7, 11) is 0. The van der Waals surface area contributed by atoms with E-state index in [9.17, 15) is 15.0 Å². The second-order valence-corrected chi connectivity index (χ2v) is 4.65. The molecule has 0 saturated carbocycles. The number of carboxylic acids is 1. The standard InChI is InChI=1S/C13H17NO4/c1-9(10-5-2-3-6-11(10)15)14-8-4-7-13(14,18)12(16)17/h2-3,5-6,9,15,18H,4,7-8H2,1H3,(H,16,17). The van der Waals surface area contributed by atoms with Crippen LogP contribution in [0, 0.1) is 0 Å². The number of rotatable bonds is 3. The quantitative estimate of drug-likeness (QED) is 0.755. The highest BCUT2D eigenvalue weighted by atomic mass is 16.4. The number of aromatic hydroxyl groups is 1. The van der Waals surface area contributed by atoms with Gasteiger partial charge in [-0.1, -0.05) is 18.2 Å². The van der Waals surface area contributed by atoms with E-state index in [1.54, 1.807) is 31.2 Å². The highest BCUT2D eigenvalue weighted by Crippen LogP contribution is 2.37. The predicted molar refractivity (Wildman–Crippen MR) is 65.0 cm³/mol. The molecule has 1 aromatic carbocycles. The van der Waals surface area contributed by atoms with Gasteiger partial charge in [-0.05, 0) is 19.4 Å². The SMILES string of the molecule is CC(c1ccccc1O)N1CCCC1(O)C(=O)O. The number of benzene rings is 1. The van der Waals surface area contributed by atoms with Crippen LogP contribution in [0.2, 0.25) is 0 Å². The molecule has 0 radical (unpaired) electrons. The number of para-hydroxylation sites is 1. The van der Waals surface area contributed by atoms with Gasteiger partial charge in [0.1, 0.15) is 5.75 Å². The molecule has 1 saturated heterocycles. The van der Waals surface area contributed by atoms with Gasteiger partial charge in [-0.15, -0.1) is 0 Å². The molecule has 0 aliphatic carbocycles. The van der Waals surface area contributed by atoms with Crippen molar-refractivity contribution in [1.82, 2.24) is 4.90 Å². The lowest BCUT2D eigenvalue weighted by molar-refractivity contribution is -0.180. The van der Waals surface area contributed by atoms with E-state index in [2.05, 4.69) is 0 Å². The molecular weight excluding hydrogens is 234 g/mol. The van der Waals surface area contributed by atoms with Gasteiger partial charge in [0, 0.05) is 24.6 Å². The number of hydrogen-bond acceptors (Lipinski definition) is 4. The van der Waals surface area contributed by atoms with Crippen LogP contribution in [0.15, 0.2) is 24.3 Å². The summed E-state index contributed by atoms with van der Waals surface area (Å²) >= 11 is 0. The molecule has 0 aromatic heterocycles. The zero-order valence-corrected chi connectivity index (χ0v) is 10.2. The Morgan fingerprint density at radius 1 is 1.44 bits per heavy atom. The van der Waals surface area contributed by atoms with Crippen LogP contribution in [0.1, 0.15) is 31.4 Å². The monoisotopic (exact) mass is 251 g/mol. The molecule has 5 nitrogen and oxygen atoms in total. The molecular formula is C13H17NO4. The Morgan fingerprint density at radius 2 is 2.11 bits per heavy atom. The third-order valence-electron chi connectivity index (χ3n) is 3.60. The molecule has 1 aliphatic heterocycles. The Morgan fingerprint density at radius 3 is 2.72 bits per heavy atom. The largest absolute Gasteiger partial charge is 0.508 e. The lowest BCUT2D eigenvalue weighted by Crippen LogP contribution is -2.51. The fourth-order valence-electron chi connectivity index (χ4n) is 2.58. The minimum absolute atomic E-state index is 0.115. The second-order valence-electron chi connectivity index (χ2n) is 4.65. The first-order valence-corrected chi connectivity index (χ1v) is 5.97. The van der Waals surface area contributed by atoms with E-state index in [1.165, 1.54) is 4.90 Å². The van der Waals surface area contributed by atoms with E-state index in [0.717, 1.165) is 0 Å². The first kappa shape index (κ1) is 12.9. The van der Waals surface area contributed by atoms with Gasteiger partial charge < -0.3 is 15.3 Å². The number of likely N-dealkylation sites (tertiary alicyclic amines) is 1. The van der Waals surface area contributed by atoms with Gasteiger partial charge in [0.05, 0.1) is 0 Å². The zero-order valence-electron chi connectivity index (χ0n) is 10.2. The van der Waals surface area contributed by atoms with Crippen molar-refractivity contribution in [3.05, 3.63) is 29.8 Å². The molecule has 98 valence electrons. The maximum absolute atomic E-state index is 11.2. The van der Waals surface area contributed by atoms with Gasteiger partial charge in [0.15, 0.2) is 0 Å². The van der Waals surface area contributed by atoms with Crippen molar-refractivity contribution in [2.24, 2.45) is 0 Å². The van der Waals surface area contributed by atoms with Crippen molar-refractivity contribution < 1.29 is 20.1 Å². The van der Waals surface area contributed by atoms with Gasteiger partial charge in [0.2, 0.25) is 5.72 Å². The average Bonchev–Trinajstić information content (AvgIpc) is 2.72. The molecule has 0 amide bonds. The van der Waals surface area contributed by atoms with Crippen LogP contribution in [0.25, 0.3) is 0 Å². The first-order chi connectivity index (χ1) is 8.47. The van der Waals surface area contributed by atoms with Crippen LogP contribution in [0.3, 0.4) is 0 Å². The minimum Gasteiger partial charge on any atom is -0.508 e. The molecule has 2 unspecified atom stereocenters. The molecule has 0 bridgehead atoms. The minimum atomic E-state index is -1.83. The van der Waals surface area contributed by atoms with Crippen LogP contribution < -0.4 is 0 Å². The Balaban J connectivity index is 2.32. The zero-order chi connectivity index (χ0) is 13.3. The fraction of sp³-hybridized carbons (Fsp3) is 0.462. The molecule has 2 rings (SSSR count). The summed E-state index contributed by atoms with van der Waals surface area (Å²) in [5.74, 6) is -1.12. The van der Waals surface area contributed by atoms with Crippen molar-refractivity contribution in [2.45, 2.75) is 31.5 Å². The number of phenols is 1. The van der Waals surface area contributed by atoms with Crippen LogP contribution in [0.5, 0.6) is 5.75 Å². The van der Waals surface area contributed by atoms with Crippen molar-refractivity contribution >= 4 is 5.97 Å². The molecule has 2 atom stereocenters. The van der Waals surface area contributed by atoms with Crippen molar-refractivity contribution in [1.29, 1.82) is 0 Å². The van der Waals surface area contributed by atoms with E-state index in [0.29, 0.717) is 18.5 Å². The third kappa shape index (κ3) is 1.95. The Bertz CT molecular complexity index is 462. The number of phenolic OH excluding ortho intramolecular Hbond substituents is 1. The first-order valence-electron chi connectivity index (χ1n) is 5.97. The summed E-state index contributed by atoms with van der Waals surface area (Å²) in [6.45, 7) is 2.28. The van der Waals surface area contributed by atoms with Gasteiger partial charge in [-0.25, -0.2) is 4.79 Å². The van der Waals surface area contributed by atoms with Crippen molar-refractivity contribution in [3.63, 3.8) is 0 Å². The molecule has 1 aromatic rings. The normalized spacial score (nSPS) is 26.1. The summed E-state index contributed by atoms with van der Waals surface area (Å²) in [5.41, 5.74) is -1.21. The van der Waals surface area contributed by atoms with Gasteiger partial charge in [0.25, 0.3) is 0 Å². The summed E-state index contributed by atoms with van der Waals surface area (Å²) in [5, 5.41) is 29.1.